The molecule has 0 aliphatic carbocycles. The Hall–Kier alpha value is -2.53. The normalized spacial score (nSPS) is 10.6. The van der Waals surface area contributed by atoms with Crippen molar-refractivity contribution in [2.45, 2.75) is 23.9 Å². The maximum absolute atomic E-state index is 12.4. The largest absolute Gasteiger partial charge is 0.329 e. The smallest absolute Gasteiger partial charge is 0.255 e. The highest BCUT2D eigenvalue weighted by Gasteiger charge is 2.09. The van der Waals surface area contributed by atoms with Gasteiger partial charge >= 0.3 is 0 Å². The molecule has 24 heavy (non-hydrogen) atoms. The van der Waals surface area contributed by atoms with Crippen LogP contribution in [0.1, 0.15) is 21.5 Å². The van der Waals surface area contributed by atoms with Crippen molar-refractivity contribution in [2.75, 3.05) is 5.32 Å². The second kappa shape index (κ2) is 6.93. The zero-order valence-electron chi connectivity index (χ0n) is 13.9. The first-order valence-corrected chi connectivity index (χ1v) is 8.48. The lowest BCUT2D eigenvalue weighted by Gasteiger charge is -2.09. The summed E-state index contributed by atoms with van der Waals surface area (Å²) in [6.07, 6.45) is 3.70. The van der Waals surface area contributed by atoms with Crippen LogP contribution in [-0.2, 0) is 7.05 Å². The summed E-state index contributed by atoms with van der Waals surface area (Å²) in [4.78, 5) is 17.8. The molecular weight excluding hydrogens is 318 g/mol. The summed E-state index contributed by atoms with van der Waals surface area (Å²) in [7, 11) is 1.97. The van der Waals surface area contributed by atoms with E-state index in [1.165, 1.54) is 0 Å². The third-order valence-electron chi connectivity index (χ3n) is 3.72. The van der Waals surface area contributed by atoms with Gasteiger partial charge in [-0.05, 0) is 49.7 Å². The van der Waals surface area contributed by atoms with Crippen LogP contribution in [0.5, 0.6) is 0 Å². The molecule has 0 spiro atoms. The van der Waals surface area contributed by atoms with Gasteiger partial charge in [0.05, 0.1) is 0 Å². The molecule has 1 aromatic heterocycles. The average Bonchev–Trinajstić information content (AvgIpc) is 2.94. The number of carbonyl (C=O) groups excluding carboxylic acids is 1. The molecular formula is C19H19N3OS. The molecule has 3 rings (SSSR count). The molecule has 0 atom stereocenters. The predicted molar refractivity (Wildman–Crippen MR) is 97.6 cm³/mol. The first-order valence-electron chi connectivity index (χ1n) is 7.67. The van der Waals surface area contributed by atoms with Crippen LogP contribution in [-0.4, -0.2) is 15.5 Å². The van der Waals surface area contributed by atoms with Gasteiger partial charge in [-0.15, -0.1) is 0 Å². The molecule has 0 aliphatic rings. The van der Waals surface area contributed by atoms with Crippen molar-refractivity contribution in [2.24, 2.45) is 7.05 Å². The number of amides is 1. The van der Waals surface area contributed by atoms with Crippen molar-refractivity contribution in [3.05, 3.63) is 71.5 Å². The van der Waals surface area contributed by atoms with Gasteiger partial charge in [-0.2, -0.15) is 0 Å². The van der Waals surface area contributed by atoms with E-state index in [0.717, 1.165) is 26.9 Å². The SMILES string of the molecule is Cc1ccc(C(=O)Nc2ccc(Sc3nccn3C)cc2)c(C)c1. The Labute approximate surface area is 145 Å². The molecule has 122 valence electrons. The van der Waals surface area contributed by atoms with Gasteiger partial charge in [-0.1, -0.05) is 29.5 Å². The van der Waals surface area contributed by atoms with E-state index in [1.807, 2.05) is 74.1 Å². The number of nitrogens with zero attached hydrogens (tertiary/aromatic N) is 2. The number of aryl methyl sites for hydroxylation is 3. The molecule has 1 N–H and O–H groups in total. The van der Waals surface area contributed by atoms with E-state index in [4.69, 9.17) is 0 Å². The Balaban J connectivity index is 1.69. The van der Waals surface area contributed by atoms with Crippen LogP contribution >= 0.6 is 11.8 Å². The third kappa shape index (κ3) is 3.68. The van der Waals surface area contributed by atoms with E-state index < -0.39 is 0 Å². The van der Waals surface area contributed by atoms with E-state index in [9.17, 15) is 4.79 Å². The zero-order valence-corrected chi connectivity index (χ0v) is 14.7. The molecule has 4 nitrogen and oxygen atoms in total. The summed E-state index contributed by atoms with van der Waals surface area (Å²) in [5, 5.41) is 3.88. The van der Waals surface area contributed by atoms with Crippen LogP contribution in [0.15, 0.2) is 64.9 Å². The van der Waals surface area contributed by atoms with Gasteiger partial charge < -0.3 is 9.88 Å². The van der Waals surface area contributed by atoms with Gasteiger partial charge in [-0.25, -0.2) is 4.98 Å². The van der Waals surface area contributed by atoms with E-state index in [0.29, 0.717) is 5.56 Å². The molecule has 0 aliphatic heterocycles. The minimum absolute atomic E-state index is 0.0861. The molecule has 0 bridgehead atoms. The van der Waals surface area contributed by atoms with Crippen molar-refractivity contribution < 1.29 is 4.79 Å². The van der Waals surface area contributed by atoms with Crippen molar-refractivity contribution >= 4 is 23.4 Å². The van der Waals surface area contributed by atoms with Crippen molar-refractivity contribution in [1.82, 2.24) is 9.55 Å². The molecule has 3 aromatic rings. The molecule has 2 aromatic carbocycles. The third-order valence-corrected chi connectivity index (χ3v) is 4.81. The Bertz CT molecular complexity index is 869. The van der Waals surface area contributed by atoms with E-state index >= 15 is 0 Å². The number of nitrogens with one attached hydrogen (secondary N) is 1. The molecule has 0 saturated heterocycles. The molecule has 1 amide bonds. The summed E-state index contributed by atoms with van der Waals surface area (Å²) >= 11 is 1.59. The topological polar surface area (TPSA) is 46.9 Å². The Kier molecular flexibility index (Phi) is 4.71. The van der Waals surface area contributed by atoms with Crippen LogP contribution in [0, 0.1) is 13.8 Å². The highest BCUT2D eigenvalue weighted by Crippen LogP contribution is 2.27. The first-order chi connectivity index (χ1) is 11.5. The van der Waals surface area contributed by atoms with E-state index in [-0.39, 0.29) is 5.91 Å². The van der Waals surface area contributed by atoms with Crippen molar-refractivity contribution in [3.8, 4) is 0 Å². The first kappa shape index (κ1) is 16.3. The molecule has 0 radical (unpaired) electrons. The van der Waals surface area contributed by atoms with Crippen LogP contribution in [0.4, 0.5) is 5.69 Å². The molecule has 5 heteroatoms. The lowest BCUT2D eigenvalue weighted by atomic mass is 10.1. The van der Waals surface area contributed by atoms with Gasteiger partial charge in [-0.3, -0.25) is 4.79 Å². The van der Waals surface area contributed by atoms with Gasteiger partial charge in [0.15, 0.2) is 5.16 Å². The number of hydrogen-bond acceptors (Lipinski definition) is 3. The quantitative estimate of drug-likeness (QED) is 0.765. The fourth-order valence-electron chi connectivity index (χ4n) is 2.43. The number of rotatable bonds is 4. The van der Waals surface area contributed by atoms with Crippen LogP contribution in [0.3, 0.4) is 0 Å². The Morgan fingerprint density at radius 1 is 1.12 bits per heavy atom. The van der Waals surface area contributed by atoms with Crippen LogP contribution in [0.25, 0.3) is 0 Å². The lowest BCUT2D eigenvalue weighted by Crippen LogP contribution is -2.13. The molecule has 0 saturated carbocycles. The zero-order chi connectivity index (χ0) is 17.1. The van der Waals surface area contributed by atoms with E-state index in [1.54, 1.807) is 18.0 Å². The predicted octanol–water partition coefficient (Wildman–Crippen LogP) is 4.44. The minimum atomic E-state index is -0.0861. The van der Waals surface area contributed by atoms with Crippen LogP contribution < -0.4 is 5.32 Å². The van der Waals surface area contributed by atoms with E-state index in [2.05, 4.69) is 10.3 Å². The number of aromatic nitrogens is 2. The van der Waals surface area contributed by atoms with Gasteiger partial charge in [0.2, 0.25) is 0 Å². The Morgan fingerprint density at radius 2 is 1.88 bits per heavy atom. The summed E-state index contributed by atoms with van der Waals surface area (Å²) in [6.45, 7) is 3.97. The Morgan fingerprint density at radius 3 is 2.50 bits per heavy atom. The summed E-state index contributed by atoms with van der Waals surface area (Å²) in [5.74, 6) is -0.0861. The molecule has 1 heterocycles. The average molecular weight is 337 g/mol. The highest BCUT2D eigenvalue weighted by atomic mass is 32.2. The maximum Gasteiger partial charge on any atom is 0.255 e. The fourth-order valence-corrected chi connectivity index (χ4v) is 3.23. The summed E-state index contributed by atoms with van der Waals surface area (Å²) in [6, 6.07) is 13.6. The fraction of sp³-hybridized carbons (Fsp3) is 0.158. The van der Waals surface area contributed by atoms with Gasteiger partial charge in [0.1, 0.15) is 0 Å². The summed E-state index contributed by atoms with van der Waals surface area (Å²) in [5.41, 5.74) is 3.62. The number of imidazole rings is 1. The molecule has 0 unspecified atom stereocenters. The number of benzene rings is 2. The number of hydrogen-bond donors (Lipinski definition) is 1. The number of anilines is 1. The second-order valence-electron chi connectivity index (χ2n) is 5.72. The van der Waals surface area contributed by atoms with Gasteiger partial charge in [0.25, 0.3) is 5.91 Å². The minimum Gasteiger partial charge on any atom is -0.329 e. The molecule has 0 fully saturated rings. The summed E-state index contributed by atoms with van der Waals surface area (Å²) < 4.78 is 1.97. The number of carbonyl (C=O) groups is 1. The van der Waals surface area contributed by atoms with Crippen molar-refractivity contribution in [1.29, 1.82) is 0 Å². The highest BCUT2D eigenvalue weighted by molar-refractivity contribution is 7.99. The lowest BCUT2D eigenvalue weighted by molar-refractivity contribution is 0.102. The second-order valence-corrected chi connectivity index (χ2v) is 6.76. The standard InChI is InChI=1S/C19H19N3OS/c1-13-4-9-17(14(2)12-13)18(23)21-15-5-7-16(8-6-15)24-19-20-10-11-22(19)3/h4-12H,1-3H3,(H,21,23). The van der Waals surface area contributed by atoms with Gasteiger partial charge in [0, 0.05) is 35.6 Å². The monoisotopic (exact) mass is 337 g/mol. The van der Waals surface area contributed by atoms with Crippen LogP contribution in [0.2, 0.25) is 0 Å². The van der Waals surface area contributed by atoms with Crippen molar-refractivity contribution in [3.63, 3.8) is 0 Å². The maximum atomic E-state index is 12.4.